The van der Waals surface area contributed by atoms with E-state index in [-0.39, 0.29) is 27.5 Å². The largest absolute Gasteiger partial charge is 0.437 e. The number of hydrogen-bond acceptors (Lipinski definition) is 3. The van der Waals surface area contributed by atoms with E-state index in [2.05, 4.69) is 4.98 Å². The molecule has 2 aromatic rings. The molecule has 1 aromatic carbocycles. The van der Waals surface area contributed by atoms with Crippen LogP contribution in [0.1, 0.15) is 5.56 Å². The summed E-state index contributed by atoms with van der Waals surface area (Å²) in [7, 11) is 0. The van der Waals surface area contributed by atoms with E-state index < -0.39 is 11.7 Å². The summed E-state index contributed by atoms with van der Waals surface area (Å²) < 4.78 is 42.9. The maximum Gasteiger partial charge on any atom is 0.416 e. The Morgan fingerprint density at radius 1 is 1.10 bits per heavy atom. The minimum absolute atomic E-state index is 0.0296. The molecule has 1 heterocycles. The van der Waals surface area contributed by atoms with Gasteiger partial charge in [0.2, 0.25) is 5.88 Å². The SMILES string of the molecule is Nc1nc(Oc2cccc(C(F)(F)F)c2)c(Cl)cc1Cl. The van der Waals surface area contributed by atoms with E-state index in [1.807, 2.05) is 0 Å². The maximum absolute atomic E-state index is 12.6. The van der Waals surface area contributed by atoms with Crippen molar-refractivity contribution in [3.8, 4) is 11.6 Å². The van der Waals surface area contributed by atoms with Gasteiger partial charge in [-0.15, -0.1) is 0 Å². The number of halogens is 5. The first-order valence-corrected chi connectivity index (χ1v) is 5.99. The first-order chi connectivity index (χ1) is 9.27. The Balaban J connectivity index is 2.33. The van der Waals surface area contributed by atoms with Gasteiger partial charge in [0.25, 0.3) is 0 Å². The summed E-state index contributed by atoms with van der Waals surface area (Å²) in [5.41, 5.74) is 4.64. The molecule has 0 aliphatic rings. The maximum atomic E-state index is 12.6. The van der Waals surface area contributed by atoms with Crippen molar-refractivity contribution in [2.75, 3.05) is 5.73 Å². The Morgan fingerprint density at radius 2 is 1.80 bits per heavy atom. The predicted octanol–water partition coefficient (Wildman–Crippen LogP) is 4.78. The number of nitrogens with zero attached hydrogens (tertiary/aromatic N) is 1. The quantitative estimate of drug-likeness (QED) is 0.865. The van der Waals surface area contributed by atoms with Crippen molar-refractivity contribution in [2.24, 2.45) is 0 Å². The molecule has 3 nitrogen and oxygen atoms in total. The van der Waals surface area contributed by atoms with E-state index >= 15 is 0 Å². The van der Waals surface area contributed by atoms with Gasteiger partial charge in [-0.1, -0.05) is 29.3 Å². The summed E-state index contributed by atoms with van der Waals surface area (Å²) in [6, 6.07) is 5.62. The molecule has 0 bridgehead atoms. The normalized spacial score (nSPS) is 11.4. The molecule has 0 saturated carbocycles. The lowest BCUT2D eigenvalue weighted by molar-refractivity contribution is -0.137. The van der Waals surface area contributed by atoms with Crippen molar-refractivity contribution >= 4 is 29.0 Å². The average molecular weight is 323 g/mol. The van der Waals surface area contributed by atoms with Crippen molar-refractivity contribution < 1.29 is 17.9 Å². The summed E-state index contributed by atoms with van der Waals surface area (Å²) in [5.74, 6) is -0.207. The van der Waals surface area contributed by atoms with Crippen LogP contribution < -0.4 is 10.5 Å². The minimum Gasteiger partial charge on any atom is -0.437 e. The zero-order chi connectivity index (χ0) is 14.9. The number of anilines is 1. The van der Waals surface area contributed by atoms with Gasteiger partial charge in [0.1, 0.15) is 16.6 Å². The highest BCUT2D eigenvalue weighted by molar-refractivity contribution is 6.36. The number of aromatic nitrogens is 1. The van der Waals surface area contributed by atoms with E-state index in [4.69, 9.17) is 33.7 Å². The first-order valence-electron chi connectivity index (χ1n) is 5.24. The molecule has 0 unspecified atom stereocenters. The Kier molecular flexibility index (Phi) is 3.96. The van der Waals surface area contributed by atoms with Crippen molar-refractivity contribution in [1.82, 2.24) is 4.98 Å². The molecule has 8 heteroatoms. The third-order valence-electron chi connectivity index (χ3n) is 2.30. The first kappa shape index (κ1) is 14.7. The lowest BCUT2D eigenvalue weighted by atomic mass is 10.2. The number of pyridine rings is 1. The Hall–Kier alpha value is -1.66. The lowest BCUT2D eigenvalue weighted by Gasteiger charge is -2.11. The number of rotatable bonds is 2. The summed E-state index contributed by atoms with van der Waals surface area (Å²) >= 11 is 11.5. The van der Waals surface area contributed by atoms with E-state index in [1.165, 1.54) is 18.2 Å². The van der Waals surface area contributed by atoms with Gasteiger partial charge in [-0.3, -0.25) is 0 Å². The number of hydrogen-bond donors (Lipinski definition) is 1. The topological polar surface area (TPSA) is 48.1 Å². The van der Waals surface area contributed by atoms with Crippen LogP contribution >= 0.6 is 23.2 Å². The molecule has 1 aromatic heterocycles. The van der Waals surface area contributed by atoms with Crippen LogP contribution in [-0.2, 0) is 6.18 Å². The van der Waals surface area contributed by atoms with Gasteiger partial charge in [-0.2, -0.15) is 18.2 Å². The molecule has 0 atom stereocenters. The Bertz CT molecular complexity index is 647. The number of nitrogen functional groups attached to an aromatic ring is 1. The molecule has 2 N–H and O–H groups in total. The van der Waals surface area contributed by atoms with Gasteiger partial charge in [0.05, 0.1) is 10.6 Å². The fourth-order valence-electron chi connectivity index (χ4n) is 1.38. The summed E-state index contributed by atoms with van der Waals surface area (Å²) in [5, 5.41) is 0.174. The lowest BCUT2D eigenvalue weighted by Crippen LogP contribution is -2.04. The van der Waals surface area contributed by atoms with Crippen LogP contribution in [0.5, 0.6) is 11.6 Å². The molecule has 2 rings (SSSR count). The van der Waals surface area contributed by atoms with E-state index in [1.54, 1.807) is 0 Å². The fourth-order valence-corrected chi connectivity index (χ4v) is 1.78. The molecule has 0 fully saturated rings. The van der Waals surface area contributed by atoms with Crippen LogP contribution in [0.25, 0.3) is 0 Å². The highest BCUT2D eigenvalue weighted by Crippen LogP contribution is 2.35. The molecular formula is C12H7Cl2F3N2O. The summed E-state index contributed by atoms with van der Waals surface area (Å²) in [6.45, 7) is 0. The average Bonchev–Trinajstić information content (AvgIpc) is 2.35. The minimum atomic E-state index is -4.46. The fraction of sp³-hybridized carbons (Fsp3) is 0.0833. The van der Waals surface area contributed by atoms with Crippen molar-refractivity contribution in [2.45, 2.75) is 6.18 Å². The highest BCUT2D eigenvalue weighted by atomic mass is 35.5. The molecule has 0 saturated heterocycles. The van der Waals surface area contributed by atoms with Crippen molar-refractivity contribution in [1.29, 1.82) is 0 Å². The van der Waals surface area contributed by atoms with Gasteiger partial charge in [-0.25, -0.2) is 0 Å². The third-order valence-corrected chi connectivity index (χ3v) is 2.87. The zero-order valence-corrected chi connectivity index (χ0v) is 11.2. The van der Waals surface area contributed by atoms with E-state index in [9.17, 15) is 13.2 Å². The molecule has 0 aliphatic carbocycles. The molecular weight excluding hydrogens is 316 g/mol. The van der Waals surface area contributed by atoms with Gasteiger partial charge in [-0.05, 0) is 24.3 Å². The van der Waals surface area contributed by atoms with Crippen LogP contribution in [0.3, 0.4) is 0 Å². The van der Waals surface area contributed by atoms with E-state index in [0.29, 0.717) is 0 Å². The number of ether oxygens (including phenoxy) is 1. The van der Waals surface area contributed by atoms with Crippen LogP contribution in [-0.4, -0.2) is 4.98 Å². The number of alkyl halides is 3. The Labute approximate surface area is 122 Å². The van der Waals surface area contributed by atoms with Crippen molar-refractivity contribution in [3.63, 3.8) is 0 Å². The smallest absolute Gasteiger partial charge is 0.416 e. The van der Waals surface area contributed by atoms with Crippen molar-refractivity contribution in [3.05, 3.63) is 45.9 Å². The van der Waals surface area contributed by atoms with Crippen LogP contribution in [0.4, 0.5) is 19.0 Å². The van der Waals surface area contributed by atoms with Crippen LogP contribution in [0.15, 0.2) is 30.3 Å². The monoisotopic (exact) mass is 322 g/mol. The second-order valence-corrected chi connectivity index (χ2v) is 4.58. The predicted molar refractivity (Wildman–Crippen MR) is 70.2 cm³/mol. The summed E-state index contributed by atoms with van der Waals surface area (Å²) in [4.78, 5) is 3.77. The second-order valence-electron chi connectivity index (χ2n) is 3.77. The Morgan fingerprint density at radius 3 is 2.45 bits per heavy atom. The molecule has 0 radical (unpaired) electrons. The molecule has 106 valence electrons. The third kappa shape index (κ3) is 3.26. The molecule has 0 amide bonds. The van der Waals surface area contributed by atoms with Gasteiger partial charge < -0.3 is 10.5 Å². The number of benzene rings is 1. The molecule has 20 heavy (non-hydrogen) atoms. The number of nitrogens with two attached hydrogens (primary N) is 1. The van der Waals surface area contributed by atoms with Gasteiger partial charge >= 0.3 is 6.18 Å². The zero-order valence-electron chi connectivity index (χ0n) is 9.71. The van der Waals surface area contributed by atoms with Crippen LogP contribution in [0, 0.1) is 0 Å². The van der Waals surface area contributed by atoms with Gasteiger partial charge in [0.15, 0.2) is 0 Å². The van der Waals surface area contributed by atoms with E-state index in [0.717, 1.165) is 12.1 Å². The molecule has 0 aliphatic heterocycles. The highest BCUT2D eigenvalue weighted by Gasteiger charge is 2.30. The summed E-state index contributed by atoms with van der Waals surface area (Å²) in [6.07, 6.45) is -4.46. The standard InChI is InChI=1S/C12H7Cl2F3N2O/c13-8-5-9(14)11(19-10(8)18)20-7-3-1-2-6(4-7)12(15,16)17/h1-5H,(H2,18,19). The van der Waals surface area contributed by atoms with Gasteiger partial charge in [0, 0.05) is 0 Å². The molecule has 0 spiro atoms. The second kappa shape index (κ2) is 5.38. The van der Waals surface area contributed by atoms with Crippen LogP contribution in [0.2, 0.25) is 10.0 Å².